The Labute approximate surface area is 504 Å². The molecule has 0 amide bonds. The molecule has 81 heavy (non-hydrogen) atoms. The molecule has 0 aliphatic carbocycles. The van der Waals surface area contributed by atoms with Crippen LogP contribution in [0, 0.1) is 0 Å². The van der Waals surface area contributed by atoms with E-state index in [4.69, 9.17) is 14.2 Å². The minimum absolute atomic E-state index is 0.0934. The van der Waals surface area contributed by atoms with Gasteiger partial charge in [-0.25, -0.2) is 0 Å². The number of unbranched alkanes of at least 4 members (excludes halogenated alkanes) is 45. The minimum atomic E-state index is -0.804. The highest BCUT2D eigenvalue weighted by Gasteiger charge is 2.19. The van der Waals surface area contributed by atoms with Gasteiger partial charge in [0, 0.05) is 19.3 Å². The second kappa shape index (κ2) is 69.6. The van der Waals surface area contributed by atoms with Crippen LogP contribution < -0.4 is 0 Å². The predicted molar refractivity (Wildman–Crippen MR) is 353 cm³/mol. The Morgan fingerprint density at radius 3 is 0.827 bits per heavy atom. The van der Waals surface area contributed by atoms with Crippen molar-refractivity contribution >= 4 is 17.9 Å². The minimum Gasteiger partial charge on any atom is -0.462 e. The van der Waals surface area contributed by atoms with Gasteiger partial charge in [-0.3, -0.25) is 14.4 Å². The van der Waals surface area contributed by atoms with E-state index < -0.39 is 6.10 Å². The Bertz CT molecular complexity index is 1440. The van der Waals surface area contributed by atoms with E-state index in [-0.39, 0.29) is 37.5 Å². The Balaban J connectivity index is 4.22. The summed E-state index contributed by atoms with van der Waals surface area (Å²) < 4.78 is 16.9. The molecular weight excluding hydrogens is 997 g/mol. The highest BCUT2D eigenvalue weighted by atomic mass is 16.6. The van der Waals surface area contributed by atoms with Gasteiger partial charge in [-0.05, 0) is 70.6 Å². The van der Waals surface area contributed by atoms with E-state index in [9.17, 15) is 14.4 Å². The molecule has 0 aromatic carbocycles. The predicted octanol–water partition coefficient (Wildman–Crippen LogP) is 24.7. The zero-order valence-corrected chi connectivity index (χ0v) is 54.3. The van der Waals surface area contributed by atoms with Crippen molar-refractivity contribution in [2.75, 3.05) is 13.2 Å². The molecule has 0 saturated heterocycles. The van der Waals surface area contributed by atoms with Gasteiger partial charge in [0.1, 0.15) is 13.2 Å². The van der Waals surface area contributed by atoms with Crippen molar-refractivity contribution in [1.82, 2.24) is 0 Å². The Morgan fingerprint density at radius 2 is 0.506 bits per heavy atom. The van der Waals surface area contributed by atoms with Gasteiger partial charge in [-0.15, -0.1) is 0 Å². The maximum absolute atomic E-state index is 12.9. The highest BCUT2D eigenvalue weighted by Crippen LogP contribution is 2.19. The maximum Gasteiger partial charge on any atom is 0.306 e. The van der Waals surface area contributed by atoms with E-state index in [2.05, 4.69) is 75.5 Å². The zero-order valence-electron chi connectivity index (χ0n) is 54.3. The largest absolute Gasteiger partial charge is 0.462 e. The van der Waals surface area contributed by atoms with Gasteiger partial charge in [0.05, 0.1) is 0 Å². The Morgan fingerprint density at radius 1 is 0.259 bits per heavy atom. The topological polar surface area (TPSA) is 78.9 Å². The number of carbonyl (C=O) groups excluding carboxylic acids is 3. The number of ether oxygens (including phenoxy) is 3. The van der Waals surface area contributed by atoms with Crippen LogP contribution in [0.3, 0.4) is 0 Å². The van der Waals surface area contributed by atoms with E-state index in [1.165, 1.54) is 270 Å². The SMILES string of the molecule is CC/C=C\C/C=C\C/C=C\C/C=C\CCC(=O)OCC(COC(=O)CCCCCCCCCCCCCCCCCCCCCCCCCCCCCCC)OC(=O)CCCCCCCCCCC/C=C\CCCCCCCCCC. The lowest BCUT2D eigenvalue weighted by Gasteiger charge is -2.18. The van der Waals surface area contributed by atoms with Crippen molar-refractivity contribution in [2.45, 2.75) is 386 Å². The van der Waals surface area contributed by atoms with Gasteiger partial charge < -0.3 is 14.2 Å². The lowest BCUT2D eigenvalue weighted by molar-refractivity contribution is -0.166. The average Bonchev–Trinajstić information content (AvgIpc) is 3.46. The normalized spacial score (nSPS) is 12.4. The van der Waals surface area contributed by atoms with Crippen molar-refractivity contribution in [3.8, 4) is 0 Å². The maximum atomic E-state index is 12.9. The number of hydrogen-bond acceptors (Lipinski definition) is 6. The van der Waals surface area contributed by atoms with Crippen LogP contribution in [0.15, 0.2) is 60.8 Å². The van der Waals surface area contributed by atoms with Crippen LogP contribution in [0.2, 0.25) is 0 Å². The first-order valence-corrected chi connectivity index (χ1v) is 35.8. The van der Waals surface area contributed by atoms with Gasteiger partial charge in [0.25, 0.3) is 0 Å². The van der Waals surface area contributed by atoms with Crippen molar-refractivity contribution in [3.63, 3.8) is 0 Å². The summed E-state index contributed by atoms with van der Waals surface area (Å²) in [6.45, 7) is 6.52. The molecule has 0 rings (SSSR count). The molecule has 0 radical (unpaired) electrons. The van der Waals surface area contributed by atoms with Crippen LogP contribution in [-0.2, 0) is 28.6 Å². The molecule has 0 aromatic heterocycles. The standard InChI is InChI=1S/C75H136O6/c1-4-7-10-13-16-19-22-25-27-29-31-33-34-35-36-37-38-39-40-42-43-45-47-50-53-56-59-62-65-68-74(77)80-71-72(70-79-73(76)67-64-61-58-55-52-49-24-21-18-15-12-9-6-3)81-75(78)69-66-63-60-57-54-51-48-46-44-41-32-30-28-26-23-20-17-14-11-8-5-2/h9,12,18,21,30,32,49,52,58,61,72H,4-8,10-11,13-17,19-20,22-29,31,33-48,50-51,53-57,59-60,62-71H2,1-3H3/b12-9-,21-18-,32-30-,52-49-,61-58-. The smallest absolute Gasteiger partial charge is 0.306 e. The summed E-state index contributed by atoms with van der Waals surface area (Å²) in [5.41, 5.74) is 0. The van der Waals surface area contributed by atoms with Crippen molar-refractivity contribution in [3.05, 3.63) is 60.8 Å². The van der Waals surface area contributed by atoms with E-state index in [0.717, 1.165) is 64.2 Å². The van der Waals surface area contributed by atoms with Gasteiger partial charge in [0.2, 0.25) is 0 Å². The first-order valence-electron chi connectivity index (χ1n) is 35.8. The molecule has 0 bridgehead atoms. The third kappa shape index (κ3) is 67.8. The molecule has 0 heterocycles. The molecule has 1 unspecified atom stereocenters. The average molecular weight is 1130 g/mol. The number of rotatable bonds is 66. The molecule has 6 nitrogen and oxygen atoms in total. The monoisotopic (exact) mass is 1130 g/mol. The Hall–Kier alpha value is -2.89. The summed E-state index contributed by atoms with van der Waals surface area (Å²) in [4.78, 5) is 38.3. The number of esters is 3. The lowest BCUT2D eigenvalue weighted by Crippen LogP contribution is -2.30. The van der Waals surface area contributed by atoms with Crippen molar-refractivity contribution in [2.24, 2.45) is 0 Å². The number of carbonyl (C=O) groups is 3. The quantitative estimate of drug-likeness (QED) is 0.0261. The van der Waals surface area contributed by atoms with Crippen LogP contribution in [0.1, 0.15) is 380 Å². The molecular formula is C75H136O6. The third-order valence-electron chi connectivity index (χ3n) is 16.0. The molecule has 6 heteroatoms. The second-order valence-electron chi connectivity index (χ2n) is 24.1. The van der Waals surface area contributed by atoms with Crippen LogP contribution >= 0.6 is 0 Å². The molecule has 0 spiro atoms. The molecule has 0 aromatic rings. The van der Waals surface area contributed by atoms with Crippen LogP contribution in [0.25, 0.3) is 0 Å². The fourth-order valence-corrected chi connectivity index (χ4v) is 10.7. The first-order chi connectivity index (χ1) is 40.0. The molecule has 0 fully saturated rings. The summed E-state index contributed by atoms with van der Waals surface area (Å²) >= 11 is 0. The lowest BCUT2D eigenvalue weighted by atomic mass is 10.0. The van der Waals surface area contributed by atoms with E-state index in [0.29, 0.717) is 19.3 Å². The fourth-order valence-electron chi connectivity index (χ4n) is 10.7. The summed E-state index contributed by atoms with van der Waals surface area (Å²) in [6.07, 6.45) is 90.0. The second-order valence-corrected chi connectivity index (χ2v) is 24.1. The molecule has 0 aliphatic heterocycles. The summed E-state index contributed by atoms with van der Waals surface area (Å²) in [5.74, 6) is -0.959. The van der Waals surface area contributed by atoms with Gasteiger partial charge in [-0.2, -0.15) is 0 Å². The first kappa shape index (κ1) is 78.1. The summed E-state index contributed by atoms with van der Waals surface area (Å²) in [7, 11) is 0. The van der Waals surface area contributed by atoms with E-state index in [1.807, 2.05) is 6.08 Å². The van der Waals surface area contributed by atoms with Gasteiger partial charge in [0.15, 0.2) is 6.10 Å². The van der Waals surface area contributed by atoms with Crippen LogP contribution in [-0.4, -0.2) is 37.2 Å². The molecule has 0 N–H and O–H groups in total. The van der Waals surface area contributed by atoms with Crippen LogP contribution in [0.5, 0.6) is 0 Å². The molecule has 1 atom stereocenters. The Kier molecular flexibility index (Phi) is 67.1. The van der Waals surface area contributed by atoms with E-state index >= 15 is 0 Å². The summed E-state index contributed by atoms with van der Waals surface area (Å²) in [5, 5.41) is 0. The molecule has 0 saturated carbocycles. The fraction of sp³-hybridized carbons (Fsp3) is 0.827. The molecule has 0 aliphatic rings. The van der Waals surface area contributed by atoms with Gasteiger partial charge >= 0.3 is 17.9 Å². The highest BCUT2D eigenvalue weighted by molar-refractivity contribution is 5.71. The van der Waals surface area contributed by atoms with Crippen molar-refractivity contribution in [1.29, 1.82) is 0 Å². The summed E-state index contributed by atoms with van der Waals surface area (Å²) in [6, 6.07) is 0. The number of hydrogen-bond donors (Lipinski definition) is 0. The van der Waals surface area contributed by atoms with E-state index in [1.54, 1.807) is 0 Å². The molecule has 472 valence electrons. The van der Waals surface area contributed by atoms with Crippen molar-refractivity contribution < 1.29 is 28.6 Å². The third-order valence-corrected chi connectivity index (χ3v) is 16.0. The number of allylic oxidation sites excluding steroid dienone is 10. The zero-order chi connectivity index (χ0) is 58.5. The van der Waals surface area contributed by atoms with Gasteiger partial charge in [-0.1, -0.05) is 351 Å². The van der Waals surface area contributed by atoms with Crippen LogP contribution in [0.4, 0.5) is 0 Å².